The zero-order chi connectivity index (χ0) is 44.8. The molecule has 1 saturated heterocycles. The maximum absolute atomic E-state index is 13.5. The van der Waals surface area contributed by atoms with Crippen LogP contribution in [0.15, 0.2) is 34.4 Å². The molecule has 2 aromatic carbocycles. The van der Waals surface area contributed by atoms with E-state index in [4.69, 9.17) is 39.7 Å². The first kappa shape index (κ1) is 52.8. The summed E-state index contributed by atoms with van der Waals surface area (Å²) in [6.07, 6.45) is 4.14. The second-order valence-corrected chi connectivity index (χ2v) is 13.1. The van der Waals surface area contributed by atoms with Gasteiger partial charge in [-0.3, -0.25) is 14.6 Å². The Morgan fingerprint density at radius 3 is 1.97 bits per heavy atom. The molecule has 0 aliphatic carbocycles. The maximum Gasteiger partial charge on any atom is 0.392 e. The summed E-state index contributed by atoms with van der Waals surface area (Å²) >= 11 is 0. The third-order valence-electron chi connectivity index (χ3n) is 8.36. The second-order valence-electron chi connectivity index (χ2n) is 13.1. The molecule has 1 radical (unpaired) electrons. The molecule has 3 atom stereocenters. The van der Waals surface area contributed by atoms with Gasteiger partial charge in [-0.05, 0) is 56.5 Å². The molecule has 1 amide bonds. The zero-order valence-electron chi connectivity index (χ0n) is 33.5. The van der Waals surface area contributed by atoms with Gasteiger partial charge in [0.15, 0.2) is 0 Å². The lowest BCUT2D eigenvalue weighted by Gasteiger charge is -2.30. The number of amides is 1. The molecule has 341 valence electrons. The average molecular weight is 879 g/mol. The molecule has 3 unspecified atom stereocenters. The summed E-state index contributed by atoms with van der Waals surface area (Å²) in [6, 6.07) is 6.27. The molecule has 0 saturated carbocycles. The number of ether oxygens (including phenoxy) is 6. The zero-order valence-corrected chi connectivity index (χ0v) is 33.5. The van der Waals surface area contributed by atoms with Crippen molar-refractivity contribution >= 4 is 37.1 Å². The van der Waals surface area contributed by atoms with Crippen LogP contribution in [0.3, 0.4) is 0 Å². The fourth-order valence-electron chi connectivity index (χ4n) is 5.09. The molecule has 0 spiro atoms. The summed E-state index contributed by atoms with van der Waals surface area (Å²) in [5.41, 5.74) is 1.27. The number of nitrogens with two attached hydrogens (primary N) is 1. The van der Waals surface area contributed by atoms with Crippen molar-refractivity contribution in [2.75, 3.05) is 77.9 Å². The molecular weight excluding hydrogens is 824 g/mol. The highest BCUT2D eigenvalue weighted by molar-refractivity contribution is 6.30. The number of unbranched alkanes of at least 4 members (excludes halogenated alkanes) is 2. The number of benzene rings is 2. The summed E-state index contributed by atoms with van der Waals surface area (Å²) < 4.78 is 97.2. The van der Waals surface area contributed by atoms with Crippen LogP contribution in [0.2, 0.25) is 0 Å². The number of carbonyl (C=O) groups excluding carboxylic acids is 2. The predicted molar refractivity (Wildman–Crippen MR) is 212 cm³/mol. The van der Waals surface area contributed by atoms with Gasteiger partial charge in [-0.1, -0.05) is 6.42 Å². The largest absolute Gasteiger partial charge is 0.508 e. The fraction of sp³-hybridized carbons (Fsp3) is 0.579. The van der Waals surface area contributed by atoms with Crippen molar-refractivity contribution in [1.29, 1.82) is 0 Å². The number of hydrogen-bond acceptors (Lipinski definition) is 16. The smallest absolute Gasteiger partial charge is 0.392 e. The molecule has 1 aliphatic rings. The molecule has 2 aromatic rings. The Kier molecular flexibility index (Phi) is 27.3. The lowest BCUT2D eigenvalue weighted by atomic mass is 10.0. The van der Waals surface area contributed by atoms with E-state index in [1.807, 2.05) is 0 Å². The molecular formula is C38H54BF5N5O12. The fourth-order valence-corrected chi connectivity index (χ4v) is 5.09. The first-order chi connectivity index (χ1) is 29.4. The number of phenolic OH excluding ortho intramolecular Hbond substituents is 1. The molecule has 23 heteroatoms. The number of phenols is 1. The van der Waals surface area contributed by atoms with E-state index in [0.717, 1.165) is 20.5 Å². The highest BCUT2D eigenvalue weighted by atomic mass is 19.2. The van der Waals surface area contributed by atoms with Gasteiger partial charge in [0.1, 0.15) is 11.9 Å². The summed E-state index contributed by atoms with van der Waals surface area (Å²) in [7, 11) is 0.883. The van der Waals surface area contributed by atoms with Crippen LogP contribution in [0.25, 0.3) is 0 Å². The molecule has 61 heavy (non-hydrogen) atoms. The summed E-state index contributed by atoms with van der Waals surface area (Å²) in [4.78, 5) is 27.9. The number of carbonyl (C=O) groups is 2. The summed E-state index contributed by atoms with van der Waals surface area (Å²) in [6.45, 7) is 2.77. The van der Waals surface area contributed by atoms with E-state index in [0.29, 0.717) is 76.4 Å². The Morgan fingerprint density at radius 2 is 1.38 bits per heavy atom. The Hall–Kier alpha value is -4.33. The van der Waals surface area contributed by atoms with E-state index < -0.39 is 59.4 Å². The van der Waals surface area contributed by atoms with Crippen LogP contribution in [0.4, 0.5) is 27.6 Å². The van der Waals surface area contributed by atoms with Crippen molar-refractivity contribution in [3.63, 3.8) is 0 Å². The first-order valence-electron chi connectivity index (χ1n) is 19.4. The number of aliphatic imine (C=N–C) groups is 1. The molecule has 3 rings (SSSR count). The second kappa shape index (κ2) is 31.5. The Balaban J connectivity index is 0.000000835. The molecule has 0 bridgehead atoms. The van der Waals surface area contributed by atoms with E-state index >= 15 is 0 Å². The number of aliphatic hydroxyl groups is 2. The number of hydrogen-bond donors (Lipinski definition) is 7. The van der Waals surface area contributed by atoms with Crippen molar-refractivity contribution in [2.45, 2.75) is 69.7 Å². The van der Waals surface area contributed by atoms with Crippen LogP contribution in [-0.2, 0) is 33.3 Å². The standard InChI is InChI=1S/C31H39F5N4O8.C7H15BNO4/c32-26-27(33)29(35)31(30(36)28(26)34)48-25(43)10-12-44-14-16-46-18-19-47-17-15-45-13-11-38-20-22(40-37)4-2-1-3-5-24(42)39-21-6-8-23(41)9-7-21;10-6-3-5(1-2-9-8-12)13-4-7(6)11/h6-9,20,41H,1-5,10-19,37H2,(H,39,42);5-7,9-12H,1-4H2/b38-20?,40-22-;. The third kappa shape index (κ3) is 22.4. The predicted octanol–water partition coefficient (Wildman–Crippen LogP) is 2.43. The van der Waals surface area contributed by atoms with E-state index in [-0.39, 0.29) is 57.4 Å². The molecule has 17 nitrogen and oxygen atoms in total. The number of nitrogens with one attached hydrogen (secondary N) is 2. The highest BCUT2D eigenvalue weighted by Crippen LogP contribution is 2.29. The van der Waals surface area contributed by atoms with Crippen molar-refractivity contribution in [2.24, 2.45) is 15.9 Å². The number of aromatic hydroxyl groups is 1. The van der Waals surface area contributed by atoms with E-state index in [1.165, 1.54) is 12.1 Å². The van der Waals surface area contributed by atoms with Gasteiger partial charge in [0.25, 0.3) is 0 Å². The number of esters is 1. The topological polar surface area (TPSA) is 245 Å². The molecule has 1 fully saturated rings. The van der Waals surface area contributed by atoms with Crippen LogP contribution in [0.5, 0.6) is 11.5 Å². The number of halogens is 5. The number of aliphatic hydroxyl groups excluding tert-OH is 2. The van der Waals surface area contributed by atoms with Crippen molar-refractivity contribution in [3.8, 4) is 11.5 Å². The van der Waals surface area contributed by atoms with Gasteiger partial charge in [0.05, 0.1) is 90.3 Å². The number of nitrogens with zero attached hydrogens (tertiary/aromatic N) is 2. The van der Waals surface area contributed by atoms with E-state index in [2.05, 4.69) is 25.4 Å². The highest BCUT2D eigenvalue weighted by Gasteiger charge is 2.29. The molecule has 8 N–H and O–H groups in total. The minimum Gasteiger partial charge on any atom is -0.508 e. The van der Waals surface area contributed by atoms with Crippen molar-refractivity contribution in [3.05, 3.63) is 53.4 Å². The monoisotopic (exact) mass is 878 g/mol. The van der Waals surface area contributed by atoms with Crippen LogP contribution in [0.1, 0.15) is 51.4 Å². The minimum atomic E-state index is -2.35. The molecule has 1 aliphatic heterocycles. The third-order valence-corrected chi connectivity index (χ3v) is 8.36. The van der Waals surface area contributed by atoms with Crippen LogP contribution in [-0.4, -0.2) is 143 Å². The van der Waals surface area contributed by atoms with E-state index in [1.54, 1.807) is 18.3 Å². The van der Waals surface area contributed by atoms with Gasteiger partial charge in [0, 0.05) is 24.7 Å². The quantitative estimate of drug-likeness (QED) is 0.00555. The van der Waals surface area contributed by atoms with Gasteiger partial charge < -0.3 is 65.2 Å². The van der Waals surface area contributed by atoms with Gasteiger partial charge in [-0.25, -0.2) is 13.2 Å². The lowest BCUT2D eigenvalue weighted by molar-refractivity contribution is -0.136. The SMILES string of the molecule is N/N=C(\C=NCCOCCOCCOCCOCCC(=O)Oc1c(F)c(F)c(F)c(F)c1F)CCCCCC(=O)Nc1ccc(O)cc1.O[B]NCCC1CC(O)C(O)CO1. The number of anilines is 1. The van der Waals surface area contributed by atoms with Crippen molar-refractivity contribution in [1.82, 2.24) is 5.23 Å². The van der Waals surface area contributed by atoms with E-state index in [9.17, 15) is 41.8 Å². The summed E-state index contributed by atoms with van der Waals surface area (Å²) in [5, 5.41) is 45.2. The maximum atomic E-state index is 13.5. The normalized spacial score (nSPS) is 16.6. The van der Waals surface area contributed by atoms with Crippen LogP contribution >= 0.6 is 0 Å². The first-order valence-corrected chi connectivity index (χ1v) is 19.4. The molecule has 1 heterocycles. The van der Waals surface area contributed by atoms with Crippen molar-refractivity contribution < 1.29 is 80.3 Å². The average Bonchev–Trinajstić information content (AvgIpc) is 3.25. The van der Waals surface area contributed by atoms with Gasteiger partial charge in [-0.2, -0.15) is 13.9 Å². The Bertz CT molecular complexity index is 1610. The Morgan fingerprint density at radius 1 is 0.803 bits per heavy atom. The number of rotatable bonds is 28. The lowest BCUT2D eigenvalue weighted by Crippen LogP contribution is -2.42. The van der Waals surface area contributed by atoms with Crippen LogP contribution in [0, 0.1) is 29.1 Å². The minimum absolute atomic E-state index is 0.0363. The van der Waals surface area contributed by atoms with Gasteiger partial charge in [0.2, 0.25) is 40.7 Å². The molecule has 0 aromatic heterocycles. The Labute approximate surface area is 350 Å². The summed E-state index contributed by atoms with van der Waals surface area (Å²) in [5.74, 6) is -8.71. The van der Waals surface area contributed by atoms with Gasteiger partial charge >= 0.3 is 13.6 Å². The van der Waals surface area contributed by atoms with Gasteiger partial charge in [-0.15, -0.1) is 0 Å². The number of hydrazone groups is 1. The van der Waals surface area contributed by atoms with Crippen LogP contribution < -0.4 is 21.1 Å².